The van der Waals surface area contributed by atoms with Crippen LogP contribution < -0.4 is 5.32 Å². The summed E-state index contributed by atoms with van der Waals surface area (Å²) in [5.74, 6) is -0.371. The molecular weight excluding hydrogens is 346 g/mol. The molecule has 0 saturated carbocycles. The maximum atomic E-state index is 12.6. The van der Waals surface area contributed by atoms with Crippen LogP contribution in [-0.4, -0.2) is 17.8 Å². The van der Waals surface area contributed by atoms with Crippen molar-refractivity contribution in [2.45, 2.75) is 25.6 Å². The number of halogens is 5. The molecule has 1 aromatic rings. The summed E-state index contributed by atoms with van der Waals surface area (Å²) < 4.78 is 38.1. The first-order valence-corrected chi connectivity index (χ1v) is 6.86. The molecule has 0 aliphatic carbocycles. The van der Waals surface area contributed by atoms with Crippen LogP contribution in [0.5, 0.6) is 0 Å². The highest BCUT2D eigenvalue weighted by molar-refractivity contribution is 9.10. The third-order valence-corrected chi connectivity index (χ3v) is 3.62. The Labute approximate surface area is 122 Å². The first-order chi connectivity index (χ1) is 8.79. The molecule has 0 bridgehead atoms. The van der Waals surface area contributed by atoms with Crippen molar-refractivity contribution in [2.24, 2.45) is 0 Å². The van der Waals surface area contributed by atoms with Crippen LogP contribution in [0.3, 0.4) is 0 Å². The minimum atomic E-state index is -4.48. The van der Waals surface area contributed by atoms with Gasteiger partial charge in [0.2, 0.25) is 0 Å². The van der Waals surface area contributed by atoms with Gasteiger partial charge in [0, 0.05) is 16.4 Å². The summed E-state index contributed by atoms with van der Waals surface area (Å²) >= 11 is 8.71. The van der Waals surface area contributed by atoms with Gasteiger partial charge in [0.05, 0.1) is 11.1 Å². The number of hydrogen-bond donors (Lipinski definition) is 1. The summed E-state index contributed by atoms with van der Waals surface area (Å²) in [5.41, 5.74) is -0.918. The van der Waals surface area contributed by atoms with Crippen LogP contribution in [0.1, 0.15) is 29.3 Å². The van der Waals surface area contributed by atoms with Crippen molar-refractivity contribution in [3.8, 4) is 0 Å². The summed E-state index contributed by atoms with van der Waals surface area (Å²) in [6.07, 6.45) is -3.88. The highest BCUT2D eigenvalue weighted by Gasteiger charge is 2.31. The van der Waals surface area contributed by atoms with Crippen molar-refractivity contribution in [1.29, 1.82) is 0 Å². The van der Waals surface area contributed by atoms with Gasteiger partial charge in [0.15, 0.2) is 0 Å². The highest BCUT2D eigenvalue weighted by atomic mass is 79.9. The number of carbonyl (C=O) groups excluding carboxylic acids is 1. The number of amides is 1. The lowest BCUT2D eigenvalue weighted by Crippen LogP contribution is -2.35. The lowest BCUT2D eigenvalue weighted by Gasteiger charge is -2.15. The van der Waals surface area contributed by atoms with E-state index in [-0.39, 0.29) is 17.5 Å². The molecule has 2 nitrogen and oxygen atoms in total. The van der Waals surface area contributed by atoms with Gasteiger partial charge in [-0.05, 0) is 40.5 Å². The van der Waals surface area contributed by atoms with Crippen molar-refractivity contribution >= 4 is 33.4 Å². The second-order valence-electron chi connectivity index (χ2n) is 3.93. The third kappa shape index (κ3) is 4.38. The quantitative estimate of drug-likeness (QED) is 0.803. The van der Waals surface area contributed by atoms with Crippen LogP contribution in [-0.2, 0) is 6.18 Å². The Hall–Kier alpha value is -0.750. The zero-order chi connectivity index (χ0) is 14.6. The summed E-state index contributed by atoms with van der Waals surface area (Å²) in [6, 6.07) is 2.68. The molecule has 1 N–H and O–H groups in total. The molecule has 0 aromatic heterocycles. The standard InChI is InChI=1S/C12H12BrClF3NO/c1-2-8(6-14)18-11(19)9-5-7(12(15,16)17)3-4-10(9)13/h3-5,8H,2,6H2,1H3,(H,18,19). The van der Waals surface area contributed by atoms with E-state index in [0.717, 1.165) is 12.1 Å². The van der Waals surface area contributed by atoms with E-state index in [4.69, 9.17) is 11.6 Å². The number of rotatable bonds is 4. The molecule has 106 valence electrons. The first-order valence-electron chi connectivity index (χ1n) is 5.53. The smallest absolute Gasteiger partial charge is 0.348 e. The van der Waals surface area contributed by atoms with Gasteiger partial charge < -0.3 is 5.32 Å². The van der Waals surface area contributed by atoms with Gasteiger partial charge in [0.1, 0.15) is 0 Å². The topological polar surface area (TPSA) is 29.1 Å². The van der Waals surface area contributed by atoms with Gasteiger partial charge in [-0.25, -0.2) is 0 Å². The number of carbonyl (C=O) groups is 1. The highest BCUT2D eigenvalue weighted by Crippen LogP contribution is 2.31. The van der Waals surface area contributed by atoms with Gasteiger partial charge in [-0.3, -0.25) is 4.79 Å². The van der Waals surface area contributed by atoms with Crippen LogP contribution in [0.4, 0.5) is 13.2 Å². The Bertz CT molecular complexity index is 461. The first kappa shape index (κ1) is 16.3. The van der Waals surface area contributed by atoms with Crippen molar-refractivity contribution in [1.82, 2.24) is 5.32 Å². The molecule has 0 aliphatic heterocycles. The average Bonchev–Trinajstić information content (AvgIpc) is 2.34. The lowest BCUT2D eigenvalue weighted by atomic mass is 10.1. The summed E-state index contributed by atoms with van der Waals surface area (Å²) in [4.78, 5) is 11.9. The molecule has 1 rings (SSSR count). The molecular formula is C12H12BrClF3NO. The number of benzene rings is 1. The summed E-state index contributed by atoms with van der Waals surface area (Å²) in [6.45, 7) is 1.83. The Morgan fingerprint density at radius 3 is 2.58 bits per heavy atom. The van der Waals surface area contributed by atoms with E-state index < -0.39 is 17.6 Å². The molecule has 0 spiro atoms. The van der Waals surface area contributed by atoms with Crippen molar-refractivity contribution < 1.29 is 18.0 Å². The largest absolute Gasteiger partial charge is 0.416 e. The molecule has 0 radical (unpaired) electrons. The van der Waals surface area contributed by atoms with E-state index in [1.807, 2.05) is 6.92 Å². The van der Waals surface area contributed by atoms with Gasteiger partial charge in [0.25, 0.3) is 5.91 Å². The van der Waals surface area contributed by atoms with E-state index in [0.29, 0.717) is 10.9 Å². The predicted molar refractivity (Wildman–Crippen MR) is 71.4 cm³/mol. The number of nitrogens with one attached hydrogen (secondary N) is 1. The Morgan fingerprint density at radius 1 is 1.47 bits per heavy atom. The second-order valence-corrected chi connectivity index (χ2v) is 5.09. The third-order valence-electron chi connectivity index (χ3n) is 2.55. The molecule has 0 saturated heterocycles. The SMILES string of the molecule is CCC(CCl)NC(=O)c1cc(C(F)(F)F)ccc1Br. The molecule has 1 amide bonds. The monoisotopic (exact) mass is 357 g/mol. The maximum absolute atomic E-state index is 12.6. The minimum Gasteiger partial charge on any atom is -0.348 e. The molecule has 1 unspecified atom stereocenters. The molecule has 1 aromatic carbocycles. The predicted octanol–water partition coefficient (Wildman–Crippen LogP) is 4.22. The van der Waals surface area contributed by atoms with Crippen molar-refractivity contribution in [2.75, 3.05) is 5.88 Å². The molecule has 0 aliphatic rings. The van der Waals surface area contributed by atoms with E-state index in [1.165, 1.54) is 6.07 Å². The molecule has 0 heterocycles. The number of hydrogen-bond acceptors (Lipinski definition) is 1. The fraction of sp³-hybridized carbons (Fsp3) is 0.417. The normalized spacial score (nSPS) is 13.2. The fourth-order valence-corrected chi connectivity index (χ4v) is 2.11. The Balaban J connectivity index is 3.02. The second kappa shape index (κ2) is 6.61. The van der Waals surface area contributed by atoms with E-state index in [9.17, 15) is 18.0 Å². The van der Waals surface area contributed by atoms with E-state index >= 15 is 0 Å². The van der Waals surface area contributed by atoms with Gasteiger partial charge >= 0.3 is 6.18 Å². The van der Waals surface area contributed by atoms with E-state index in [2.05, 4.69) is 21.2 Å². The summed E-state index contributed by atoms with van der Waals surface area (Å²) in [5, 5.41) is 2.58. The summed E-state index contributed by atoms with van der Waals surface area (Å²) in [7, 11) is 0. The van der Waals surface area contributed by atoms with Crippen LogP contribution in [0.15, 0.2) is 22.7 Å². The van der Waals surface area contributed by atoms with Crippen molar-refractivity contribution in [3.63, 3.8) is 0 Å². The molecule has 0 fully saturated rings. The number of alkyl halides is 4. The molecule has 7 heteroatoms. The van der Waals surface area contributed by atoms with Crippen LogP contribution >= 0.6 is 27.5 Å². The van der Waals surface area contributed by atoms with Crippen LogP contribution in [0.25, 0.3) is 0 Å². The maximum Gasteiger partial charge on any atom is 0.416 e. The van der Waals surface area contributed by atoms with Gasteiger partial charge in [-0.15, -0.1) is 11.6 Å². The van der Waals surface area contributed by atoms with E-state index in [1.54, 1.807) is 0 Å². The molecule has 19 heavy (non-hydrogen) atoms. The molecule has 1 atom stereocenters. The fourth-order valence-electron chi connectivity index (χ4n) is 1.39. The minimum absolute atomic E-state index is 0.0570. The van der Waals surface area contributed by atoms with Crippen molar-refractivity contribution in [3.05, 3.63) is 33.8 Å². The zero-order valence-electron chi connectivity index (χ0n) is 10.0. The van der Waals surface area contributed by atoms with Crippen LogP contribution in [0, 0.1) is 0 Å². The Kier molecular flexibility index (Phi) is 5.67. The van der Waals surface area contributed by atoms with Crippen LogP contribution in [0.2, 0.25) is 0 Å². The zero-order valence-corrected chi connectivity index (χ0v) is 12.4. The Morgan fingerprint density at radius 2 is 2.11 bits per heavy atom. The lowest BCUT2D eigenvalue weighted by molar-refractivity contribution is -0.137. The van der Waals surface area contributed by atoms with Gasteiger partial charge in [-0.1, -0.05) is 6.92 Å². The van der Waals surface area contributed by atoms with Gasteiger partial charge in [-0.2, -0.15) is 13.2 Å². The average molecular weight is 359 g/mol.